The third-order valence-corrected chi connectivity index (χ3v) is 9.59. The fourth-order valence-electron chi connectivity index (χ4n) is 6.38. The third-order valence-electron chi connectivity index (χ3n) is 9.59. The van der Waals surface area contributed by atoms with Gasteiger partial charge in [-0.25, -0.2) is 0 Å². The number of carbonyl (C=O) groups excluding carboxylic acids is 1. The van der Waals surface area contributed by atoms with E-state index in [1.165, 1.54) is 193 Å². The molecule has 0 radical (unpaired) electrons. The zero-order chi connectivity index (χ0) is 34.1. The maximum atomic E-state index is 12.2. The van der Waals surface area contributed by atoms with Crippen LogP contribution in [0.2, 0.25) is 0 Å². The Morgan fingerprint density at radius 2 is 0.830 bits per heavy atom. The van der Waals surface area contributed by atoms with Crippen molar-refractivity contribution in [3.8, 4) is 0 Å². The molecule has 1 N–H and O–H groups in total. The van der Waals surface area contributed by atoms with Crippen molar-refractivity contribution in [3.05, 3.63) is 12.2 Å². The van der Waals surface area contributed by atoms with Crippen LogP contribution in [0.4, 0.5) is 0 Å². The summed E-state index contributed by atoms with van der Waals surface area (Å²) >= 11 is 0. The van der Waals surface area contributed by atoms with Crippen LogP contribution in [0.1, 0.15) is 232 Å². The monoisotopic (exact) mass is 665 g/mol. The van der Waals surface area contributed by atoms with Crippen molar-refractivity contribution in [2.75, 3.05) is 19.8 Å². The molecule has 280 valence electrons. The molecule has 0 saturated carbocycles. The second-order valence-corrected chi connectivity index (χ2v) is 14.4. The van der Waals surface area contributed by atoms with Crippen LogP contribution in [0.5, 0.6) is 0 Å². The molecule has 0 aromatic heterocycles. The topological polar surface area (TPSA) is 55.8 Å². The molecule has 1 atom stereocenters. The summed E-state index contributed by atoms with van der Waals surface area (Å²) in [5.41, 5.74) is 0. The molecule has 47 heavy (non-hydrogen) atoms. The van der Waals surface area contributed by atoms with Crippen LogP contribution < -0.4 is 0 Å². The second kappa shape index (κ2) is 41.3. The Bertz CT molecular complexity index is 619. The highest BCUT2D eigenvalue weighted by Gasteiger charge is 2.13. The maximum absolute atomic E-state index is 12.2. The van der Waals surface area contributed by atoms with Crippen molar-refractivity contribution in [1.29, 1.82) is 0 Å². The Morgan fingerprint density at radius 3 is 1.21 bits per heavy atom. The number of aliphatic hydroxyl groups is 1. The van der Waals surface area contributed by atoms with Crippen LogP contribution in [-0.4, -0.2) is 37.0 Å². The maximum Gasteiger partial charge on any atom is 0.306 e. The lowest BCUT2D eigenvalue weighted by atomic mass is 10.0. The highest BCUT2D eigenvalue weighted by Crippen LogP contribution is 2.15. The molecule has 0 saturated heterocycles. The third kappa shape index (κ3) is 39.5. The minimum atomic E-state index is -0.528. The average Bonchev–Trinajstić information content (AvgIpc) is 3.08. The number of carbonyl (C=O) groups is 1. The predicted molar refractivity (Wildman–Crippen MR) is 205 cm³/mol. The first-order valence-electron chi connectivity index (χ1n) is 21.3. The predicted octanol–water partition coefficient (Wildman–Crippen LogP) is 13.8. The van der Waals surface area contributed by atoms with Crippen LogP contribution in [0.3, 0.4) is 0 Å². The van der Waals surface area contributed by atoms with Crippen LogP contribution in [-0.2, 0) is 14.3 Å². The van der Waals surface area contributed by atoms with E-state index in [9.17, 15) is 9.90 Å². The van der Waals surface area contributed by atoms with Gasteiger partial charge in [0.25, 0.3) is 0 Å². The summed E-state index contributed by atoms with van der Waals surface area (Å²) in [6, 6.07) is 0. The molecular formula is C43H84O4. The quantitative estimate of drug-likeness (QED) is 0.0402. The van der Waals surface area contributed by atoms with Crippen molar-refractivity contribution in [3.63, 3.8) is 0 Å². The molecule has 0 bridgehead atoms. The Hall–Kier alpha value is -0.870. The van der Waals surface area contributed by atoms with Crippen molar-refractivity contribution >= 4 is 5.97 Å². The molecule has 4 nitrogen and oxygen atoms in total. The van der Waals surface area contributed by atoms with Crippen molar-refractivity contribution in [2.45, 2.75) is 238 Å². The summed E-state index contributed by atoms with van der Waals surface area (Å²) in [7, 11) is 0. The molecular weight excluding hydrogens is 580 g/mol. The van der Waals surface area contributed by atoms with Gasteiger partial charge in [0.2, 0.25) is 0 Å². The van der Waals surface area contributed by atoms with Crippen molar-refractivity contribution in [2.24, 2.45) is 0 Å². The van der Waals surface area contributed by atoms with E-state index in [4.69, 9.17) is 9.47 Å². The summed E-state index contributed by atoms with van der Waals surface area (Å²) in [5.74, 6) is -0.198. The Kier molecular flexibility index (Phi) is 40.5. The van der Waals surface area contributed by atoms with Crippen LogP contribution >= 0.6 is 0 Å². The van der Waals surface area contributed by atoms with Gasteiger partial charge in [0, 0.05) is 13.0 Å². The number of ether oxygens (including phenoxy) is 2. The van der Waals surface area contributed by atoms with E-state index in [1.54, 1.807) is 0 Å². The first-order valence-corrected chi connectivity index (χ1v) is 21.3. The highest BCUT2D eigenvalue weighted by molar-refractivity contribution is 5.69. The second-order valence-electron chi connectivity index (χ2n) is 14.4. The zero-order valence-electron chi connectivity index (χ0n) is 32.1. The smallest absolute Gasteiger partial charge is 0.306 e. The van der Waals surface area contributed by atoms with E-state index >= 15 is 0 Å². The van der Waals surface area contributed by atoms with Crippen molar-refractivity contribution in [1.82, 2.24) is 0 Å². The minimum Gasteiger partial charge on any atom is -0.457 e. The number of aliphatic hydroxyl groups excluding tert-OH is 1. The summed E-state index contributed by atoms with van der Waals surface area (Å²) in [4.78, 5) is 12.2. The standard InChI is InChI=1S/C43H84O4/c1-3-5-7-9-11-13-15-17-19-20-21-22-23-24-25-26-28-30-32-34-36-38-43(45)47-42(40-44)41-46-39-37-35-33-31-29-27-18-16-14-12-10-8-6-4-2/h20-21,42,44H,3-19,22-41H2,1-2H3/b21-20-. The van der Waals surface area contributed by atoms with Gasteiger partial charge in [-0.15, -0.1) is 0 Å². The van der Waals surface area contributed by atoms with E-state index in [2.05, 4.69) is 26.0 Å². The van der Waals surface area contributed by atoms with E-state index in [0.29, 0.717) is 19.6 Å². The molecule has 4 heteroatoms. The van der Waals surface area contributed by atoms with E-state index < -0.39 is 6.10 Å². The summed E-state index contributed by atoms with van der Waals surface area (Å²) in [6.07, 6.45) is 48.4. The summed E-state index contributed by atoms with van der Waals surface area (Å²) in [6.45, 7) is 5.38. The molecule has 1 unspecified atom stereocenters. The lowest BCUT2D eigenvalue weighted by molar-refractivity contribution is -0.154. The van der Waals surface area contributed by atoms with Gasteiger partial charge < -0.3 is 14.6 Å². The largest absolute Gasteiger partial charge is 0.457 e. The first-order chi connectivity index (χ1) is 23.2. The van der Waals surface area contributed by atoms with Crippen LogP contribution in [0.15, 0.2) is 12.2 Å². The number of allylic oxidation sites excluding steroid dienone is 2. The molecule has 0 spiro atoms. The number of esters is 1. The Balaban J connectivity index is 3.38. The number of hydrogen-bond acceptors (Lipinski definition) is 4. The Morgan fingerprint density at radius 1 is 0.489 bits per heavy atom. The average molecular weight is 665 g/mol. The van der Waals surface area contributed by atoms with Gasteiger partial charge in [0.05, 0.1) is 13.2 Å². The van der Waals surface area contributed by atoms with Crippen molar-refractivity contribution < 1.29 is 19.4 Å². The molecule has 0 amide bonds. The van der Waals surface area contributed by atoms with Gasteiger partial charge >= 0.3 is 5.97 Å². The molecule has 0 rings (SSSR count). The van der Waals surface area contributed by atoms with E-state index in [1.807, 2.05) is 0 Å². The van der Waals surface area contributed by atoms with Gasteiger partial charge in [-0.3, -0.25) is 4.79 Å². The fraction of sp³-hybridized carbons (Fsp3) is 0.930. The summed E-state index contributed by atoms with van der Waals surface area (Å²) in [5, 5.41) is 9.59. The Labute approximate surface area is 295 Å². The van der Waals surface area contributed by atoms with Gasteiger partial charge in [-0.05, 0) is 38.5 Å². The molecule has 0 aromatic carbocycles. The van der Waals surface area contributed by atoms with Gasteiger partial charge in [0.15, 0.2) is 0 Å². The zero-order valence-corrected chi connectivity index (χ0v) is 32.1. The minimum absolute atomic E-state index is 0.167. The molecule has 0 aliphatic carbocycles. The number of hydrogen-bond donors (Lipinski definition) is 1. The number of rotatable bonds is 40. The van der Waals surface area contributed by atoms with Gasteiger partial charge in [-0.1, -0.05) is 199 Å². The van der Waals surface area contributed by atoms with Gasteiger partial charge in [0.1, 0.15) is 6.10 Å². The lowest BCUT2D eigenvalue weighted by Gasteiger charge is -2.16. The lowest BCUT2D eigenvalue weighted by Crippen LogP contribution is -2.27. The molecule has 0 heterocycles. The van der Waals surface area contributed by atoms with Crippen LogP contribution in [0, 0.1) is 0 Å². The SMILES string of the molecule is CCCCCCCCCC/C=C\CCCCCCCCCCCC(=O)OC(CO)COCCCCCCCCCCCCCCCC. The molecule has 0 aliphatic rings. The number of unbranched alkanes of at least 4 members (excludes halogenated alkanes) is 30. The normalized spacial score (nSPS) is 12.3. The summed E-state index contributed by atoms with van der Waals surface area (Å²) < 4.78 is 11.2. The fourth-order valence-corrected chi connectivity index (χ4v) is 6.38. The van der Waals surface area contributed by atoms with E-state index in [-0.39, 0.29) is 12.6 Å². The molecule has 0 aromatic rings. The molecule has 0 fully saturated rings. The molecule has 0 aliphatic heterocycles. The first kappa shape index (κ1) is 46.1. The van der Waals surface area contributed by atoms with Gasteiger partial charge in [-0.2, -0.15) is 0 Å². The van der Waals surface area contributed by atoms with Crippen LogP contribution in [0.25, 0.3) is 0 Å². The highest BCUT2D eigenvalue weighted by atomic mass is 16.6. The van der Waals surface area contributed by atoms with E-state index in [0.717, 1.165) is 19.3 Å².